The van der Waals surface area contributed by atoms with E-state index in [1.54, 1.807) is 7.05 Å². The summed E-state index contributed by atoms with van der Waals surface area (Å²) in [4.78, 5) is 14.2. The molecule has 1 spiro atoms. The van der Waals surface area contributed by atoms with Crippen LogP contribution >= 0.6 is 0 Å². The monoisotopic (exact) mass is 283 g/mol. The van der Waals surface area contributed by atoms with Crippen LogP contribution in [0.1, 0.15) is 25.7 Å². The Balaban J connectivity index is 1.57. The van der Waals surface area contributed by atoms with Crippen molar-refractivity contribution in [2.75, 3.05) is 39.8 Å². The Kier molecular flexibility index (Phi) is 4.26. The third-order valence-electron chi connectivity index (χ3n) is 4.62. The summed E-state index contributed by atoms with van der Waals surface area (Å²) in [6.07, 6.45) is 4.52. The van der Waals surface area contributed by atoms with Gasteiger partial charge in [0.15, 0.2) is 5.79 Å². The summed E-state index contributed by atoms with van der Waals surface area (Å²) >= 11 is 0. The van der Waals surface area contributed by atoms with E-state index in [2.05, 4.69) is 15.5 Å². The van der Waals surface area contributed by atoms with Crippen LogP contribution in [0, 0.1) is 0 Å². The summed E-state index contributed by atoms with van der Waals surface area (Å²) in [7, 11) is 1.69. The number of hydrogen-bond acceptors (Lipinski definition) is 5. The molecule has 2 atom stereocenters. The van der Waals surface area contributed by atoms with Crippen molar-refractivity contribution in [1.82, 2.24) is 15.5 Å². The summed E-state index contributed by atoms with van der Waals surface area (Å²) in [6.45, 7) is 3.95. The van der Waals surface area contributed by atoms with E-state index >= 15 is 0 Å². The van der Waals surface area contributed by atoms with Gasteiger partial charge in [-0.2, -0.15) is 0 Å². The summed E-state index contributed by atoms with van der Waals surface area (Å²) < 4.78 is 12.1. The van der Waals surface area contributed by atoms with Gasteiger partial charge in [0, 0.05) is 46.1 Å². The van der Waals surface area contributed by atoms with Crippen LogP contribution in [0.25, 0.3) is 0 Å². The number of hydrogen-bond donors (Lipinski definition) is 2. The molecule has 1 amide bonds. The highest BCUT2D eigenvalue weighted by molar-refractivity contribution is 5.81. The molecular formula is C14H25N3O3. The lowest BCUT2D eigenvalue weighted by Gasteiger charge is -2.36. The first-order valence-corrected chi connectivity index (χ1v) is 7.71. The molecule has 1 saturated carbocycles. The summed E-state index contributed by atoms with van der Waals surface area (Å²) in [5, 5.41) is 6.02. The topological polar surface area (TPSA) is 62.8 Å². The number of nitrogens with zero attached hydrogens (tertiary/aromatic N) is 1. The van der Waals surface area contributed by atoms with Gasteiger partial charge in [0.05, 0.1) is 12.7 Å². The third-order valence-corrected chi connectivity index (χ3v) is 4.62. The van der Waals surface area contributed by atoms with E-state index in [1.165, 1.54) is 12.8 Å². The van der Waals surface area contributed by atoms with Gasteiger partial charge in [0.25, 0.3) is 0 Å². The van der Waals surface area contributed by atoms with E-state index in [-0.39, 0.29) is 23.8 Å². The molecule has 3 rings (SSSR count). The molecule has 2 unspecified atom stereocenters. The van der Waals surface area contributed by atoms with Crippen LogP contribution in [-0.4, -0.2) is 68.6 Å². The molecule has 3 fully saturated rings. The lowest BCUT2D eigenvalue weighted by Crippen LogP contribution is -2.59. The van der Waals surface area contributed by atoms with Gasteiger partial charge in [-0.25, -0.2) is 0 Å². The van der Waals surface area contributed by atoms with Gasteiger partial charge in [-0.1, -0.05) is 0 Å². The second-order valence-electron chi connectivity index (χ2n) is 6.00. The van der Waals surface area contributed by atoms with Gasteiger partial charge < -0.3 is 20.1 Å². The van der Waals surface area contributed by atoms with E-state index in [0.717, 1.165) is 32.5 Å². The normalized spacial score (nSPS) is 33.6. The van der Waals surface area contributed by atoms with Gasteiger partial charge in [-0.3, -0.25) is 9.69 Å². The minimum atomic E-state index is -0.304. The summed E-state index contributed by atoms with van der Waals surface area (Å²) in [5.74, 6) is -0.229. The quantitative estimate of drug-likeness (QED) is 0.744. The molecule has 0 bridgehead atoms. The molecular weight excluding hydrogens is 258 g/mol. The van der Waals surface area contributed by atoms with Crippen molar-refractivity contribution in [2.24, 2.45) is 0 Å². The highest BCUT2D eigenvalue weighted by atomic mass is 16.7. The first-order valence-electron chi connectivity index (χ1n) is 7.71. The molecule has 2 N–H and O–H groups in total. The average Bonchev–Trinajstić information content (AvgIpc) is 3.09. The van der Waals surface area contributed by atoms with Crippen LogP contribution < -0.4 is 10.6 Å². The second-order valence-corrected chi connectivity index (χ2v) is 6.00. The Morgan fingerprint density at radius 3 is 3.00 bits per heavy atom. The predicted molar refractivity (Wildman–Crippen MR) is 74.3 cm³/mol. The van der Waals surface area contributed by atoms with Crippen molar-refractivity contribution in [1.29, 1.82) is 0 Å². The number of carbonyl (C=O) groups is 1. The van der Waals surface area contributed by atoms with E-state index in [0.29, 0.717) is 13.2 Å². The van der Waals surface area contributed by atoms with Crippen LogP contribution in [0.15, 0.2) is 0 Å². The molecule has 114 valence electrons. The fourth-order valence-corrected chi connectivity index (χ4v) is 3.53. The Bertz CT molecular complexity index is 358. The summed E-state index contributed by atoms with van der Waals surface area (Å²) in [5.41, 5.74) is 0. The van der Waals surface area contributed by atoms with Crippen molar-refractivity contribution >= 4 is 5.91 Å². The second kappa shape index (κ2) is 5.97. The maximum Gasteiger partial charge on any atom is 0.238 e. The smallest absolute Gasteiger partial charge is 0.238 e. The first-order chi connectivity index (χ1) is 9.72. The first kappa shape index (κ1) is 14.3. The molecule has 0 aromatic rings. The number of likely N-dealkylation sites (N-methyl/N-ethyl adjacent to an activating group) is 1. The fourth-order valence-electron chi connectivity index (χ4n) is 3.53. The minimum absolute atomic E-state index is 0.0756. The molecule has 6 heteroatoms. The lowest BCUT2D eigenvalue weighted by molar-refractivity contribution is -0.164. The molecule has 0 aromatic heterocycles. The predicted octanol–water partition coefficient (Wildman–Crippen LogP) is -0.308. The van der Waals surface area contributed by atoms with Gasteiger partial charge in [0.1, 0.15) is 6.04 Å². The standard InChI is InChI=1S/C14H25N3O3/c1-15-13(18)12-8-16-6-7-17(12)9-11-10-19-14(20-11)4-2-3-5-14/h11-12,16H,2-10H2,1H3,(H,15,18). The SMILES string of the molecule is CNC(=O)C1CNCCN1CC1COC2(CCCC2)O1. The van der Waals surface area contributed by atoms with E-state index in [4.69, 9.17) is 9.47 Å². The Morgan fingerprint density at radius 1 is 1.45 bits per heavy atom. The molecule has 2 heterocycles. The molecule has 20 heavy (non-hydrogen) atoms. The zero-order valence-corrected chi connectivity index (χ0v) is 12.2. The van der Waals surface area contributed by atoms with Gasteiger partial charge in [0.2, 0.25) is 5.91 Å². The average molecular weight is 283 g/mol. The number of piperazine rings is 1. The highest BCUT2D eigenvalue weighted by Gasteiger charge is 2.44. The summed E-state index contributed by atoms with van der Waals surface area (Å²) in [6, 6.07) is -0.0996. The highest BCUT2D eigenvalue weighted by Crippen LogP contribution is 2.39. The number of ether oxygens (including phenoxy) is 2. The van der Waals surface area contributed by atoms with E-state index in [1.807, 2.05) is 0 Å². The maximum absolute atomic E-state index is 11.9. The van der Waals surface area contributed by atoms with Crippen LogP contribution in [-0.2, 0) is 14.3 Å². The van der Waals surface area contributed by atoms with Gasteiger partial charge in [-0.15, -0.1) is 0 Å². The number of carbonyl (C=O) groups excluding carboxylic acids is 1. The largest absolute Gasteiger partial charge is 0.358 e. The molecule has 0 aromatic carbocycles. The molecule has 2 aliphatic heterocycles. The Labute approximate surface area is 120 Å². The van der Waals surface area contributed by atoms with Crippen molar-refractivity contribution in [2.45, 2.75) is 43.6 Å². The molecule has 6 nitrogen and oxygen atoms in total. The van der Waals surface area contributed by atoms with Crippen molar-refractivity contribution in [3.05, 3.63) is 0 Å². The number of nitrogens with one attached hydrogen (secondary N) is 2. The molecule has 3 aliphatic rings. The minimum Gasteiger partial charge on any atom is -0.358 e. The number of amides is 1. The lowest BCUT2D eigenvalue weighted by atomic mass is 10.1. The van der Waals surface area contributed by atoms with Crippen LogP contribution in [0.5, 0.6) is 0 Å². The van der Waals surface area contributed by atoms with Crippen molar-refractivity contribution < 1.29 is 14.3 Å². The Hall–Kier alpha value is -0.690. The molecule has 1 aliphatic carbocycles. The third kappa shape index (κ3) is 2.83. The Morgan fingerprint density at radius 2 is 2.25 bits per heavy atom. The van der Waals surface area contributed by atoms with E-state index < -0.39 is 0 Å². The van der Waals surface area contributed by atoms with Crippen molar-refractivity contribution in [3.8, 4) is 0 Å². The van der Waals surface area contributed by atoms with Crippen molar-refractivity contribution in [3.63, 3.8) is 0 Å². The van der Waals surface area contributed by atoms with E-state index in [9.17, 15) is 4.79 Å². The van der Waals surface area contributed by atoms with Crippen LogP contribution in [0.2, 0.25) is 0 Å². The number of rotatable bonds is 3. The van der Waals surface area contributed by atoms with Crippen LogP contribution in [0.3, 0.4) is 0 Å². The molecule has 2 saturated heterocycles. The fraction of sp³-hybridized carbons (Fsp3) is 0.929. The van der Waals surface area contributed by atoms with Crippen LogP contribution in [0.4, 0.5) is 0 Å². The zero-order valence-electron chi connectivity index (χ0n) is 12.2. The molecule has 0 radical (unpaired) electrons. The van der Waals surface area contributed by atoms with Gasteiger partial charge in [-0.05, 0) is 12.8 Å². The van der Waals surface area contributed by atoms with Gasteiger partial charge >= 0.3 is 0 Å². The maximum atomic E-state index is 11.9. The zero-order chi connectivity index (χ0) is 14.0.